The second kappa shape index (κ2) is 8.79. The largest absolute Gasteiger partial charge is 0.480 e. The highest BCUT2D eigenvalue weighted by Crippen LogP contribution is 2.10. The Kier molecular flexibility index (Phi) is 6.48. The summed E-state index contributed by atoms with van der Waals surface area (Å²) in [7, 11) is 0. The van der Waals surface area contributed by atoms with Gasteiger partial charge in [-0.05, 0) is 41.8 Å². The van der Waals surface area contributed by atoms with Crippen molar-refractivity contribution in [2.24, 2.45) is 5.92 Å². The SMILES string of the molecule is CC(C)[C@@H](NC(=O)/C(=C/c1ccc(F)cc1)NC(=O)c1ccco1)C(=O)O. The number of benzene rings is 1. The Morgan fingerprint density at radius 2 is 1.81 bits per heavy atom. The van der Waals surface area contributed by atoms with Crippen LogP contribution in [0.4, 0.5) is 4.39 Å². The number of rotatable bonds is 7. The fourth-order valence-corrected chi connectivity index (χ4v) is 2.21. The lowest BCUT2D eigenvalue weighted by molar-refractivity contribution is -0.142. The number of carboxylic acids is 1. The van der Waals surface area contributed by atoms with E-state index in [1.54, 1.807) is 13.8 Å². The second-order valence-electron chi connectivity index (χ2n) is 6.07. The molecule has 0 fully saturated rings. The predicted molar refractivity (Wildman–Crippen MR) is 95.0 cm³/mol. The van der Waals surface area contributed by atoms with Gasteiger partial charge in [0.05, 0.1) is 6.26 Å². The molecule has 1 atom stereocenters. The van der Waals surface area contributed by atoms with E-state index in [1.807, 2.05) is 0 Å². The number of aliphatic carboxylic acids is 1. The molecule has 1 heterocycles. The molecule has 0 radical (unpaired) electrons. The minimum absolute atomic E-state index is 0.0218. The van der Waals surface area contributed by atoms with Crippen LogP contribution in [0.15, 0.2) is 52.8 Å². The van der Waals surface area contributed by atoms with E-state index in [0.29, 0.717) is 5.56 Å². The van der Waals surface area contributed by atoms with Crippen molar-refractivity contribution in [3.8, 4) is 0 Å². The van der Waals surface area contributed by atoms with E-state index in [-0.39, 0.29) is 17.4 Å². The van der Waals surface area contributed by atoms with Gasteiger partial charge in [0, 0.05) is 0 Å². The van der Waals surface area contributed by atoms with Gasteiger partial charge < -0.3 is 20.2 Å². The van der Waals surface area contributed by atoms with Crippen molar-refractivity contribution in [2.75, 3.05) is 0 Å². The van der Waals surface area contributed by atoms with E-state index >= 15 is 0 Å². The van der Waals surface area contributed by atoms with Crippen LogP contribution in [0.2, 0.25) is 0 Å². The molecule has 7 nitrogen and oxygen atoms in total. The van der Waals surface area contributed by atoms with E-state index < -0.39 is 29.6 Å². The molecular weight excluding hydrogens is 355 g/mol. The van der Waals surface area contributed by atoms with Gasteiger partial charge in [-0.2, -0.15) is 0 Å². The van der Waals surface area contributed by atoms with Crippen LogP contribution in [0.25, 0.3) is 6.08 Å². The molecule has 8 heteroatoms. The van der Waals surface area contributed by atoms with Gasteiger partial charge in [0.15, 0.2) is 5.76 Å². The lowest BCUT2D eigenvalue weighted by Crippen LogP contribution is -2.47. The van der Waals surface area contributed by atoms with Crippen LogP contribution in [0, 0.1) is 11.7 Å². The highest BCUT2D eigenvalue weighted by molar-refractivity contribution is 6.05. The molecule has 142 valence electrons. The standard InChI is InChI=1S/C19H19FN2O5/c1-11(2)16(19(25)26)22-17(23)14(10-12-5-7-13(20)8-6-12)21-18(24)15-4-3-9-27-15/h3-11,16H,1-2H3,(H,21,24)(H,22,23)(H,25,26)/b14-10-/t16-/m1/s1. The Labute approximate surface area is 154 Å². The van der Waals surface area contributed by atoms with Crippen molar-refractivity contribution in [1.29, 1.82) is 0 Å². The summed E-state index contributed by atoms with van der Waals surface area (Å²) in [6, 6.07) is 7.01. The van der Waals surface area contributed by atoms with E-state index in [1.165, 1.54) is 48.7 Å². The lowest BCUT2D eigenvalue weighted by atomic mass is 10.0. The van der Waals surface area contributed by atoms with E-state index in [2.05, 4.69) is 10.6 Å². The number of hydrogen-bond donors (Lipinski definition) is 3. The average molecular weight is 374 g/mol. The van der Waals surface area contributed by atoms with Crippen LogP contribution in [0.3, 0.4) is 0 Å². The molecule has 0 aliphatic rings. The first-order valence-electron chi connectivity index (χ1n) is 8.13. The molecule has 1 aromatic carbocycles. The monoisotopic (exact) mass is 374 g/mol. The second-order valence-corrected chi connectivity index (χ2v) is 6.07. The van der Waals surface area contributed by atoms with Crippen LogP contribution in [-0.4, -0.2) is 28.9 Å². The van der Waals surface area contributed by atoms with Crippen molar-refractivity contribution in [2.45, 2.75) is 19.9 Å². The first kappa shape index (κ1) is 19.9. The third kappa shape index (κ3) is 5.53. The fraction of sp³-hybridized carbons (Fsp3) is 0.211. The van der Waals surface area contributed by atoms with Crippen LogP contribution in [0.5, 0.6) is 0 Å². The van der Waals surface area contributed by atoms with Gasteiger partial charge in [0.2, 0.25) is 0 Å². The Morgan fingerprint density at radius 1 is 1.15 bits per heavy atom. The van der Waals surface area contributed by atoms with Gasteiger partial charge in [0.1, 0.15) is 17.6 Å². The first-order valence-corrected chi connectivity index (χ1v) is 8.13. The number of carboxylic acid groups (broad SMARTS) is 1. The summed E-state index contributed by atoms with van der Waals surface area (Å²) in [4.78, 5) is 36.1. The van der Waals surface area contributed by atoms with E-state index in [0.717, 1.165) is 0 Å². The Bertz CT molecular complexity index is 841. The van der Waals surface area contributed by atoms with Crippen LogP contribution in [0.1, 0.15) is 30.0 Å². The van der Waals surface area contributed by atoms with Crippen molar-refractivity contribution in [3.05, 3.63) is 65.5 Å². The molecule has 2 rings (SSSR count). The Hall–Kier alpha value is -3.42. The van der Waals surface area contributed by atoms with Crippen molar-refractivity contribution >= 4 is 23.9 Å². The zero-order valence-corrected chi connectivity index (χ0v) is 14.7. The Balaban J connectivity index is 2.30. The van der Waals surface area contributed by atoms with Gasteiger partial charge in [-0.25, -0.2) is 9.18 Å². The maximum atomic E-state index is 13.1. The number of amides is 2. The summed E-state index contributed by atoms with van der Waals surface area (Å²) in [5, 5.41) is 14.0. The molecule has 0 spiro atoms. The van der Waals surface area contributed by atoms with Crippen molar-refractivity contribution in [3.63, 3.8) is 0 Å². The number of carbonyl (C=O) groups excluding carboxylic acids is 2. The molecule has 2 amide bonds. The van der Waals surface area contributed by atoms with E-state index in [4.69, 9.17) is 4.42 Å². The summed E-state index contributed by atoms with van der Waals surface area (Å²) >= 11 is 0. The van der Waals surface area contributed by atoms with Gasteiger partial charge in [-0.1, -0.05) is 26.0 Å². The number of furan rings is 1. The highest BCUT2D eigenvalue weighted by Gasteiger charge is 2.26. The lowest BCUT2D eigenvalue weighted by Gasteiger charge is -2.19. The zero-order chi connectivity index (χ0) is 20.0. The van der Waals surface area contributed by atoms with E-state index in [9.17, 15) is 23.9 Å². The number of hydrogen-bond acceptors (Lipinski definition) is 4. The molecule has 0 aliphatic heterocycles. The molecule has 0 saturated carbocycles. The summed E-state index contributed by atoms with van der Waals surface area (Å²) in [6.45, 7) is 3.29. The molecule has 3 N–H and O–H groups in total. The minimum atomic E-state index is -1.20. The molecule has 0 saturated heterocycles. The van der Waals surface area contributed by atoms with Gasteiger partial charge in [0.25, 0.3) is 11.8 Å². The molecule has 0 aliphatic carbocycles. The minimum Gasteiger partial charge on any atom is -0.480 e. The summed E-state index contributed by atoms with van der Waals surface area (Å²) in [5.74, 6) is -3.52. The fourth-order valence-electron chi connectivity index (χ4n) is 2.21. The molecule has 0 bridgehead atoms. The highest BCUT2D eigenvalue weighted by atomic mass is 19.1. The van der Waals surface area contributed by atoms with Gasteiger partial charge in [-0.3, -0.25) is 9.59 Å². The number of nitrogens with one attached hydrogen (secondary N) is 2. The summed E-state index contributed by atoms with van der Waals surface area (Å²) < 4.78 is 18.1. The van der Waals surface area contributed by atoms with Gasteiger partial charge >= 0.3 is 5.97 Å². The quantitative estimate of drug-likeness (QED) is 0.645. The predicted octanol–water partition coefficient (Wildman–Crippen LogP) is 2.42. The maximum Gasteiger partial charge on any atom is 0.326 e. The van der Waals surface area contributed by atoms with Crippen LogP contribution >= 0.6 is 0 Å². The van der Waals surface area contributed by atoms with Crippen LogP contribution < -0.4 is 10.6 Å². The first-order chi connectivity index (χ1) is 12.8. The summed E-state index contributed by atoms with van der Waals surface area (Å²) in [6.07, 6.45) is 2.62. The van der Waals surface area contributed by atoms with Gasteiger partial charge in [-0.15, -0.1) is 0 Å². The normalized spacial score (nSPS) is 12.5. The molecule has 0 unspecified atom stereocenters. The number of halogens is 1. The Morgan fingerprint density at radius 3 is 2.33 bits per heavy atom. The maximum absolute atomic E-state index is 13.1. The molecular formula is C19H19FN2O5. The van der Waals surface area contributed by atoms with Crippen molar-refractivity contribution < 1.29 is 28.3 Å². The third-order valence-electron chi connectivity index (χ3n) is 3.64. The summed E-state index contributed by atoms with van der Waals surface area (Å²) in [5.41, 5.74) is 0.243. The zero-order valence-electron chi connectivity index (χ0n) is 14.7. The average Bonchev–Trinajstić information content (AvgIpc) is 3.14. The van der Waals surface area contributed by atoms with Crippen molar-refractivity contribution in [1.82, 2.24) is 10.6 Å². The number of carbonyl (C=O) groups is 3. The molecule has 27 heavy (non-hydrogen) atoms. The topological polar surface area (TPSA) is 109 Å². The molecule has 2 aromatic rings. The van der Waals surface area contributed by atoms with Crippen LogP contribution in [-0.2, 0) is 9.59 Å². The smallest absolute Gasteiger partial charge is 0.326 e. The third-order valence-corrected chi connectivity index (χ3v) is 3.64. The molecule has 1 aromatic heterocycles.